The van der Waals surface area contributed by atoms with Crippen molar-refractivity contribution in [3.8, 4) is 5.75 Å². The zero-order chi connectivity index (χ0) is 13.1. The quantitative estimate of drug-likeness (QED) is 0.624. The van der Waals surface area contributed by atoms with Crippen LogP contribution in [0, 0.1) is 5.41 Å². The van der Waals surface area contributed by atoms with Crippen LogP contribution in [0.1, 0.15) is 53.5 Å². The highest BCUT2D eigenvalue weighted by atomic mass is 16.5. The highest BCUT2D eigenvalue weighted by Crippen LogP contribution is 2.32. The Morgan fingerprint density at radius 1 is 1.06 bits per heavy atom. The topological polar surface area (TPSA) is 9.23 Å². The third kappa shape index (κ3) is 5.76. The van der Waals surface area contributed by atoms with Crippen LogP contribution < -0.4 is 4.74 Å². The summed E-state index contributed by atoms with van der Waals surface area (Å²) in [5.41, 5.74) is 1.87. The van der Waals surface area contributed by atoms with E-state index in [1.54, 1.807) is 0 Å². The number of ether oxygens (including phenoxy) is 1. The van der Waals surface area contributed by atoms with Gasteiger partial charge < -0.3 is 4.74 Å². The molecule has 2 rings (SSSR count). The van der Waals surface area contributed by atoms with Crippen molar-refractivity contribution < 1.29 is 4.74 Å². The maximum atomic E-state index is 5.82. The summed E-state index contributed by atoms with van der Waals surface area (Å²) in [6.07, 6.45) is 2.26. The lowest BCUT2D eigenvalue weighted by atomic mass is 9.94. The summed E-state index contributed by atoms with van der Waals surface area (Å²) in [5, 5.41) is 0. The number of rotatable bonds is 0. The van der Waals surface area contributed by atoms with Crippen LogP contribution in [0.5, 0.6) is 5.75 Å². The first-order valence-electron chi connectivity index (χ1n) is 6.44. The Hall–Kier alpha value is -0.980. The second-order valence-electron chi connectivity index (χ2n) is 6.97. The lowest BCUT2D eigenvalue weighted by Crippen LogP contribution is -2.32. The zero-order valence-corrected chi connectivity index (χ0v) is 12.1. The Bertz CT molecular complexity index is 352. The molecule has 0 aliphatic carbocycles. The molecule has 17 heavy (non-hydrogen) atoms. The van der Waals surface area contributed by atoms with Crippen LogP contribution in [-0.2, 0) is 6.42 Å². The Morgan fingerprint density at radius 3 is 2.18 bits per heavy atom. The highest BCUT2D eigenvalue weighted by Gasteiger charge is 2.25. The van der Waals surface area contributed by atoms with E-state index in [1.807, 2.05) is 6.07 Å². The van der Waals surface area contributed by atoms with Crippen molar-refractivity contribution in [2.75, 3.05) is 0 Å². The van der Waals surface area contributed by atoms with E-state index in [4.69, 9.17) is 4.74 Å². The Balaban J connectivity index is 0.000000249. The van der Waals surface area contributed by atoms with E-state index in [0.29, 0.717) is 5.41 Å². The van der Waals surface area contributed by atoms with Crippen molar-refractivity contribution in [2.45, 2.75) is 60.0 Å². The molecule has 0 aromatic heterocycles. The minimum absolute atomic E-state index is 0.0222. The molecule has 0 saturated heterocycles. The smallest absolute Gasteiger partial charge is 0.123 e. The van der Waals surface area contributed by atoms with Gasteiger partial charge in [0, 0.05) is 0 Å². The number of fused-ring (bicyclic) bond motifs is 1. The van der Waals surface area contributed by atoms with Crippen LogP contribution in [0.15, 0.2) is 24.3 Å². The summed E-state index contributed by atoms with van der Waals surface area (Å²) >= 11 is 0. The number of hydrogen-bond donors (Lipinski definition) is 0. The molecule has 0 saturated carbocycles. The summed E-state index contributed by atoms with van der Waals surface area (Å²) in [4.78, 5) is 0. The number of hydrogen-bond acceptors (Lipinski definition) is 1. The molecule has 0 radical (unpaired) electrons. The zero-order valence-electron chi connectivity index (χ0n) is 12.1. The maximum Gasteiger partial charge on any atom is 0.123 e. The second kappa shape index (κ2) is 5.12. The number of para-hydroxylation sites is 1. The van der Waals surface area contributed by atoms with Crippen LogP contribution in [0.25, 0.3) is 0 Å². The molecule has 1 nitrogen and oxygen atoms in total. The average Bonchev–Trinajstić information content (AvgIpc) is 2.13. The molecule has 1 aliphatic heterocycles. The molecule has 1 aromatic carbocycles. The molecule has 0 fully saturated rings. The molecule has 0 amide bonds. The van der Waals surface area contributed by atoms with Crippen molar-refractivity contribution in [3.63, 3.8) is 0 Å². The molecule has 1 aromatic rings. The highest BCUT2D eigenvalue weighted by molar-refractivity contribution is 5.35. The standard InChI is InChI=1S/C11H14O.C5H12/c1-11(2)8-7-9-5-3-4-6-10(9)12-11;1-5(2,3)4/h3-6H,7-8H2,1-2H3;1-4H3. The van der Waals surface area contributed by atoms with Gasteiger partial charge in [0.2, 0.25) is 0 Å². The number of benzene rings is 1. The molecule has 1 aliphatic rings. The van der Waals surface area contributed by atoms with E-state index in [0.717, 1.165) is 18.6 Å². The normalized spacial score (nSPS) is 17.3. The Kier molecular flexibility index (Phi) is 4.24. The van der Waals surface area contributed by atoms with Crippen LogP contribution in [0.3, 0.4) is 0 Å². The molecule has 0 bridgehead atoms. The van der Waals surface area contributed by atoms with Crippen molar-refractivity contribution in [2.24, 2.45) is 5.41 Å². The second-order valence-corrected chi connectivity index (χ2v) is 6.97. The van der Waals surface area contributed by atoms with Gasteiger partial charge in [-0.1, -0.05) is 45.9 Å². The van der Waals surface area contributed by atoms with E-state index >= 15 is 0 Å². The molecule has 0 atom stereocenters. The molecule has 96 valence electrons. The van der Waals surface area contributed by atoms with E-state index in [2.05, 4.69) is 59.7 Å². The molecular formula is C16H26O. The first-order chi connectivity index (χ1) is 7.67. The molecule has 0 unspecified atom stereocenters. The van der Waals surface area contributed by atoms with Gasteiger partial charge in [-0.05, 0) is 43.7 Å². The predicted molar refractivity (Wildman–Crippen MR) is 74.6 cm³/mol. The molecule has 0 spiro atoms. The average molecular weight is 234 g/mol. The van der Waals surface area contributed by atoms with Crippen LogP contribution in [0.4, 0.5) is 0 Å². The lowest BCUT2D eigenvalue weighted by Gasteiger charge is -2.32. The fourth-order valence-electron chi connectivity index (χ4n) is 1.59. The lowest BCUT2D eigenvalue weighted by molar-refractivity contribution is 0.0847. The van der Waals surface area contributed by atoms with Gasteiger partial charge in [-0.15, -0.1) is 0 Å². The summed E-state index contributed by atoms with van der Waals surface area (Å²) in [5.74, 6) is 1.06. The summed E-state index contributed by atoms with van der Waals surface area (Å²) in [6, 6.07) is 8.29. The fourth-order valence-corrected chi connectivity index (χ4v) is 1.59. The third-order valence-corrected chi connectivity index (χ3v) is 2.36. The molecule has 0 N–H and O–H groups in total. The molecule has 1 heteroatoms. The largest absolute Gasteiger partial charge is 0.488 e. The van der Waals surface area contributed by atoms with Crippen LogP contribution in [0.2, 0.25) is 0 Å². The molecular weight excluding hydrogens is 208 g/mol. The molecule has 1 heterocycles. The number of aryl methyl sites for hydroxylation is 1. The van der Waals surface area contributed by atoms with Crippen molar-refractivity contribution >= 4 is 0 Å². The van der Waals surface area contributed by atoms with Gasteiger partial charge in [0.05, 0.1) is 0 Å². The first kappa shape index (κ1) is 14.1. The first-order valence-corrected chi connectivity index (χ1v) is 6.44. The van der Waals surface area contributed by atoms with Gasteiger partial charge in [-0.25, -0.2) is 0 Å². The van der Waals surface area contributed by atoms with Gasteiger partial charge in [-0.2, -0.15) is 0 Å². The van der Waals surface area contributed by atoms with Gasteiger partial charge in [-0.3, -0.25) is 0 Å². The third-order valence-electron chi connectivity index (χ3n) is 2.36. The van der Waals surface area contributed by atoms with E-state index < -0.39 is 0 Å². The SMILES string of the molecule is CC(C)(C)C.CC1(C)CCc2ccccc2O1. The van der Waals surface area contributed by atoms with Crippen LogP contribution in [-0.4, -0.2) is 5.60 Å². The van der Waals surface area contributed by atoms with Gasteiger partial charge in [0.25, 0.3) is 0 Å². The predicted octanol–water partition coefficient (Wildman–Crippen LogP) is 4.84. The minimum atomic E-state index is 0.0222. The van der Waals surface area contributed by atoms with E-state index in [9.17, 15) is 0 Å². The monoisotopic (exact) mass is 234 g/mol. The van der Waals surface area contributed by atoms with E-state index in [-0.39, 0.29) is 5.60 Å². The summed E-state index contributed by atoms with van der Waals surface area (Å²) in [7, 11) is 0. The van der Waals surface area contributed by atoms with Crippen molar-refractivity contribution in [1.82, 2.24) is 0 Å². The van der Waals surface area contributed by atoms with E-state index in [1.165, 1.54) is 5.56 Å². The fraction of sp³-hybridized carbons (Fsp3) is 0.625. The van der Waals surface area contributed by atoms with Gasteiger partial charge in [0.1, 0.15) is 11.4 Å². The van der Waals surface area contributed by atoms with Gasteiger partial charge >= 0.3 is 0 Å². The minimum Gasteiger partial charge on any atom is -0.488 e. The van der Waals surface area contributed by atoms with Crippen molar-refractivity contribution in [3.05, 3.63) is 29.8 Å². The van der Waals surface area contributed by atoms with Gasteiger partial charge in [0.15, 0.2) is 0 Å². The Morgan fingerprint density at radius 2 is 1.59 bits per heavy atom. The summed E-state index contributed by atoms with van der Waals surface area (Å²) < 4.78 is 5.82. The van der Waals surface area contributed by atoms with Crippen LogP contribution >= 0.6 is 0 Å². The van der Waals surface area contributed by atoms with Crippen molar-refractivity contribution in [1.29, 1.82) is 0 Å². The summed E-state index contributed by atoms with van der Waals surface area (Å²) in [6.45, 7) is 13.0. The Labute approximate surface area is 106 Å². The maximum absolute atomic E-state index is 5.82.